The number of para-hydroxylation sites is 2. The van der Waals surface area contributed by atoms with E-state index in [1.807, 2.05) is 6.07 Å². The number of rotatable bonds is 20. The Morgan fingerprint density at radius 3 is 2.16 bits per heavy atom. The van der Waals surface area contributed by atoms with Crippen molar-refractivity contribution in [2.75, 3.05) is 42.0 Å². The zero-order chi connectivity index (χ0) is 38.8. The second-order valence-electron chi connectivity index (χ2n) is 13.9. The number of hydrogen-bond acceptors (Lipinski definition) is 8. The summed E-state index contributed by atoms with van der Waals surface area (Å²) in [6, 6.07) is 22.6. The number of anilines is 2. The van der Waals surface area contributed by atoms with Gasteiger partial charge in [0.05, 0.1) is 29.9 Å². The first-order valence-electron chi connectivity index (χ1n) is 19.7. The van der Waals surface area contributed by atoms with Crippen molar-refractivity contribution in [2.24, 2.45) is 0 Å². The first-order valence-corrected chi connectivity index (χ1v) is 20.8. The lowest BCUT2D eigenvalue weighted by molar-refractivity contribution is 0.102. The molecule has 0 aliphatic carbocycles. The van der Waals surface area contributed by atoms with Crippen LogP contribution < -0.4 is 19.7 Å². The number of methoxy groups -OCH3 is 1. The number of nitrogens with one attached hydrogen (secondary N) is 1. The van der Waals surface area contributed by atoms with Gasteiger partial charge >= 0.3 is 12.2 Å². The summed E-state index contributed by atoms with van der Waals surface area (Å²) in [7, 11) is 1.53. The van der Waals surface area contributed by atoms with E-state index in [4.69, 9.17) is 14.2 Å². The van der Waals surface area contributed by atoms with Gasteiger partial charge in [0.2, 0.25) is 0 Å². The number of hydrogen-bond donors (Lipinski definition) is 2. The predicted octanol–water partition coefficient (Wildman–Crippen LogP) is 11.2. The van der Waals surface area contributed by atoms with E-state index in [1.54, 1.807) is 94.4 Å². The number of phenols is 1. The molecule has 1 fully saturated rings. The third-order valence-electron chi connectivity index (χ3n) is 9.86. The number of unbranched alkanes of at least 4 members (excludes halogenated alkanes) is 11. The van der Waals surface area contributed by atoms with Gasteiger partial charge in [-0.2, -0.15) is 0 Å². The Morgan fingerprint density at radius 1 is 0.800 bits per heavy atom. The van der Waals surface area contributed by atoms with Crippen LogP contribution in [-0.4, -0.2) is 59.9 Å². The standard InChI is InChI=1S/C44H55N3O7S/c1-3-4-5-6-7-8-9-10-11-12-13-16-28-47(44(51)54-34-24-22-33(23-25-34)31-53-43(50)46-29-30-55-32-46)39-20-17-18-36-35(39)26-27-37(41(36)48)42(49)45-38-19-14-15-21-40(38)52-2/h14-15,17-27,48H,3-13,16,28-32H2,1-2H3,(H,45,49). The summed E-state index contributed by atoms with van der Waals surface area (Å²) in [4.78, 5) is 42.9. The molecule has 55 heavy (non-hydrogen) atoms. The molecule has 0 aromatic heterocycles. The molecule has 3 amide bonds. The van der Waals surface area contributed by atoms with Crippen LogP contribution in [-0.2, 0) is 11.3 Å². The van der Waals surface area contributed by atoms with Gasteiger partial charge < -0.3 is 24.6 Å². The maximum Gasteiger partial charge on any atom is 0.419 e. The summed E-state index contributed by atoms with van der Waals surface area (Å²) in [6.45, 7) is 3.47. The fraction of sp³-hybridized carbons (Fsp3) is 0.432. The van der Waals surface area contributed by atoms with E-state index in [0.717, 1.165) is 30.6 Å². The van der Waals surface area contributed by atoms with Crippen LogP contribution in [0, 0.1) is 0 Å². The lowest BCUT2D eigenvalue weighted by atomic mass is 10.0. The summed E-state index contributed by atoms with van der Waals surface area (Å²) in [5.41, 5.74) is 1.93. The Morgan fingerprint density at radius 2 is 1.49 bits per heavy atom. The van der Waals surface area contributed by atoms with E-state index in [0.29, 0.717) is 52.6 Å². The summed E-state index contributed by atoms with van der Waals surface area (Å²) >= 11 is 1.70. The first-order chi connectivity index (χ1) is 26.9. The third kappa shape index (κ3) is 12.0. The zero-order valence-electron chi connectivity index (χ0n) is 32.2. The normalized spacial score (nSPS) is 12.4. The van der Waals surface area contributed by atoms with E-state index in [9.17, 15) is 19.5 Å². The number of ether oxygens (including phenoxy) is 3. The predicted molar refractivity (Wildman–Crippen MR) is 222 cm³/mol. The largest absolute Gasteiger partial charge is 0.506 e. The van der Waals surface area contributed by atoms with Crippen LogP contribution in [0.3, 0.4) is 0 Å². The molecular formula is C44H55N3O7S. The molecule has 1 heterocycles. The van der Waals surface area contributed by atoms with Gasteiger partial charge in [-0.3, -0.25) is 14.6 Å². The van der Waals surface area contributed by atoms with Crippen molar-refractivity contribution in [1.82, 2.24) is 4.90 Å². The van der Waals surface area contributed by atoms with Crippen LogP contribution in [0.15, 0.2) is 78.9 Å². The van der Waals surface area contributed by atoms with Crippen molar-refractivity contribution in [3.05, 3.63) is 90.0 Å². The fourth-order valence-electron chi connectivity index (χ4n) is 6.71. The van der Waals surface area contributed by atoms with E-state index in [2.05, 4.69) is 12.2 Å². The second kappa shape index (κ2) is 21.9. The molecule has 0 radical (unpaired) electrons. The Labute approximate surface area is 329 Å². The van der Waals surface area contributed by atoms with Gasteiger partial charge in [-0.25, -0.2) is 9.59 Å². The Kier molecular flexibility index (Phi) is 16.4. The average Bonchev–Trinajstić information content (AvgIpc) is 3.75. The van der Waals surface area contributed by atoms with Crippen molar-refractivity contribution in [1.29, 1.82) is 0 Å². The van der Waals surface area contributed by atoms with Crippen molar-refractivity contribution < 1.29 is 33.7 Å². The highest BCUT2D eigenvalue weighted by molar-refractivity contribution is 7.99. The molecule has 0 bridgehead atoms. The fourth-order valence-corrected chi connectivity index (χ4v) is 7.64. The van der Waals surface area contributed by atoms with E-state index in [1.165, 1.54) is 64.9 Å². The van der Waals surface area contributed by atoms with Gasteiger partial charge in [0.1, 0.15) is 23.9 Å². The molecule has 294 valence electrons. The molecule has 11 heteroatoms. The number of amides is 3. The Hall–Kier alpha value is -4.90. The molecule has 10 nitrogen and oxygen atoms in total. The number of phenolic OH excluding ortho intramolecular Hbond substituents is 1. The first kappa shape index (κ1) is 41.3. The number of fused-ring (bicyclic) bond motifs is 1. The van der Waals surface area contributed by atoms with Crippen LogP contribution in [0.5, 0.6) is 17.2 Å². The Balaban J connectivity index is 1.26. The number of carbonyl (C=O) groups excluding carboxylic acids is 3. The minimum absolute atomic E-state index is 0.0933. The van der Waals surface area contributed by atoms with Crippen molar-refractivity contribution in [3.63, 3.8) is 0 Å². The van der Waals surface area contributed by atoms with Gasteiger partial charge in [0, 0.05) is 29.6 Å². The van der Waals surface area contributed by atoms with Crippen LogP contribution in [0.25, 0.3) is 10.8 Å². The maximum atomic E-state index is 13.9. The summed E-state index contributed by atoms with van der Waals surface area (Å²) in [6.07, 6.45) is 13.5. The van der Waals surface area contributed by atoms with Crippen molar-refractivity contribution in [2.45, 2.75) is 90.6 Å². The average molecular weight is 770 g/mol. The Bertz CT molecular complexity index is 1850. The van der Waals surface area contributed by atoms with Gasteiger partial charge in [-0.15, -0.1) is 11.8 Å². The number of aromatic hydroxyl groups is 1. The lowest BCUT2D eigenvalue weighted by Gasteiger charge is -2.24. The molecule has 5 rings (SSSR count). The van der Waals surface area contributed by atoms with Gasteiger partial charge in [-0.1, -0.05) is 120 Å². The highest BCUT2D eigenvalue weighted by atomic mass is 32.2. The number of benzene rings is 4. The molecule has 1 saturated heterocycles. The number of thioether (sulfide) groups is 1. The topological polar surface area (TPSA) is 118 Å². The number of carbonyl (C=O) groups is 3. The summed E-state index contributed by atoms with van der Waals surface area (Å²) < 4.78 is 16.7. The van der Waals surface area contributed by atoms with Crippen LogP contribution in [0.2, 0.25) is 0 Å². The molecule has 4 aromatic rings. The van der Waals surface area contributed by atoms with Gasteiger partial charge in [0.25, 0.3) is 5.91 Å². The molecule has 1 aliphatic heterocycles. The molecule has 2 N–H and O–H groups in total. The van der Waals surface area contributed by atoms with Crippen LogP contribution in [0.4, 0.5) is 21.0 Å². The van der Waals surface area contributed by atoms with E-state index in [-0.39, 0.29) is 24.0 Å². The second-order valence-corrected chi connectivity index (χ2v) is 15.0. The monoisotopic (exact) mass is 769 g/mol. The molecular weight excluding hydrogens is 715 g/mol. The molecule has 0 atom stereocenters. The molecule has 4 aromatic carbocycles. The molecule has 0 saturated carbocycles. The smallest absolute Gasteiger partial charge is 0.419 e. The molecule has 1 aliphatic rings. The highest BCUT2D eigenvalue weighted by Gasteiger charge is 2.24. The van der Waals surface area contributed by atoms with Crippen LogP contribution in [0.1, 0.15) is 99.9 Å². The van der Waals surface area contributed by atoms with Gasteiger partial charge in [0.15, 0.2) is 0 Å². The van der Waals surface area contributed by atoms with Gasteiger partial charge in [-0.05, 0) is 48.4 Å². The molecule has 0 spiro atoms. The number of nitrogens with zero attached hydrogens (tertiary/aromatic N) is 2. The zero-order valence-corrected chi connectivity index (χ0v) is 33.0. The minimum atomic E-state index is -0.557. The maximum absolute atomic E-state index is 13.9. The lowest BCUT2D eigenvalue weighted by Crippen LogP contribution is -2.34. The van der Waals surface area contributed by atoms with Crippen LogP contribution >= 0.6 is 11.8 Å². The summed E-state index contributed by atoms with van der Waals surface area (Å²) in [5.74, 6) is 1.73. The van der Waals surface area contributed by atoms with E-state index < -0.39 is 12.0 Å². The molecule has 0 unspecified atom stereocenters. The van der Waals surface area contributed by atoms with Crippen molar-refractivity contribution >= 4 is 52.0 Å². The minimum Gasteiger partial charge on any atom is -0.506 e. The quantitative estimate of drug-likeness (QED) is 0.0853. The highest BCUT2D eigenvalue weighted by Crippen LogP contribution is 2.36. The van der Waals surface area contributed by atoms with E-state index >= 15 is 0 Å². The third-order valence-corrected chi connectivity index (χ3v) is 10.8. The summed E-state index contributed by atoms with van der Waals surface area (Å²) in [5, 5.41) is 15.3. The van der Waals surface area contributed by atoms with Crippen molar-refractivity contribution in [3.8, 4) is 17.2 Å². The SMILES string of the molecule is CCCCCCCCCCCCCCN(C(=O)Oc1ccc(COC(=O)N2CCSC2)cc1)c1cccc2c(O)c(C(=O)Nc3ccccc3OC)ccc12.